The third-order valence-electron chi connectivity index (χ3n) is 1.60. The molecule has 1 aliphatic heterocycles. The molecule has 0 aromatic rings. The molecule has 1 saturated heterocycles. The van der Waals surface area contributed by atoms with Crippen molar-refractivity contribution in [3.05, 3.63) is 0 Å². The monoisotopic (exact) mass is 157 g/mol. The van der Waals surface area contributed by atoms with E-state index >= 15 is 0 Å². The Balaban J connectivity index is 2.57. The molecule has 0 aromatic carbocycles. The van der Waals surface area contributed by atoms with Crippen molar-refractivity contribution in [1.82, 2.24) is 5.32 Å². The second-order valence-electron chi connectivity index (χ2n) is 2.90. The summed E-state index contributed by atoms with van der Waals surface area (Å²) in [5.74, 6) is -0.793. The predicted molar refractivity (Wildman–Crippen MR) is 37.7 cm³/mol. The van der Waals surface area contributed by atoms with Crippen molar-refractivity contribution in [3.8, 4) is 0 Å². The van der Waals surface area contributed by atoms with Crippen molar-refractivity contribution >= 4 is 11.9 Å². The standard InChI is InChI=1S/C7H11NO3/c1-4(2)6-7(10)11-5(9)3-8-6/h4,6,8H,3H2,1-2H3/t6-/m0/s1. The largest absolute Gasteiger partial charge is 0.391 e. The van der Waals surface area contributed by atoms with Crippen LogP contribution in [-0.2, 0) is 14.3 Å². The first-order valence-electron chi connectivity index (χ1n) is 3.59. The van der Waals surface area contributed by atoms with E-state index < -0.39 is 11.9 Å². The number of esters is 2. The summed E-state index contributed by atoms with van der Waals surface area (Å²) in [6.45, 7) is 3.93. The van der Waals surface area contributed by atoms with E-state index in [0.717, 1.165) is 0 Å². The maximum atomic E-state index is 10.9. The van der Waals surface area contributed by atoms with Gasteiger partial charge in [0.2, 0.25) is 0 Å². The number of carbonyl (C=O) groups excluding carboxylic acids is 2. The molecule has 0 unspecified atom stereocenters. The second kappa shape index (κ2) is 3.00. The molecular weight excluding hydrogens is 146 g/mol. The van der Waals surface area contributed by atoms with Crippen LogP contribution in [0.2, 0.25) is 0 Å². The van der Waals surface area contributed by atoms with Gasteiger partial charge in [-0.2, -0.15) is 0 Å². The molecule has 0 spiro atoms. The molecule has 1 aliphatic rings. The normalized spacial score (nSPS) is 25.5. The summed E-state index contributed by atoms with van der Waals surface area (Å²) >= 11 is 0. The van der Waals surface area contributed by atoms with Crippen LogP contribution in [0.15, 0.2) is 0 Å². The number of cyclic esters (lactones) is 2. The zero-order chi connectivity index (χ0) is 8.43. The molecule has 0 saturated carbocycles. The van der Waals surface area contributed by atoms with Gasteiger partial charge in [0.05, 0.1) is 6.54 Å². The van der Waals surface area contributed by atoms with Crippen molar-refractivity contribution in [2.75, 3.05) is 6.54 Å². The fourth-order valence-electron chi connectivity index (χ4n) is 0.996. The lowest BCUT2D eigenvalue weighted by atomic mass is 10.0. The smallest absolute Gasteiger partial charge is 0.331 e. The predicted octanol–water partition coefficient (Wildman–Crippen LogP) is -0.316. The highest BCUT2D eigenvalue weighted by Gasteiger charge is 2.30. The number of hydrogen-bond acceptors (Lipinski definition) is 4. The topological polar surface area (TPSA) is 55.4 Å². The lowest BCUT2D eigenvalue weighted by molar-refractivity contribution is -0.165. The number of morpholine rings is 1. The number of hydrogen-bond donors (Lipinski definition) is 1. The molecule has 11 heavy (non-hydrogen) atoms. The number of rotatable bonds is 1. The van der Waals surface area contributed by atoms with Crippen LogP contribution in [0.1, 0.15) is 13.8 Å². The van der Waals surface area contributed by atoms with Gasteiger partial charge in [-0.1, -0.05) is 13.8 Å². The van der Waals surface area contributed by atoms with E-state index in [2.05, 4.69) is 10.1 Å². The van der Waals surface area contributed by atoms with Crippen LogP contribution in [0, 0.1) is 5.92 Å². The summed E-state index contributed by atoms with van der Waals surface area (Å²) in [6.07, 6.45) is 0. The van der Waals surface area contributed by atoms with Crippen molar-refractivity contribution in [3.63, 3.8) is 0 Å². The minimum atomic E-state index is -0.494. The molecule has 4 heteroatoms. The average molecular weight is 157 g/mol. The van der Waals surface area contributed by atoms with Crippen LogP contribution in [0.4, 0.5) is 0 Å². The fraction of sp³-hybridized carbons (Fsp3) is 0.714. The highest BCUT2D eigenvalue weighted by atomic mass is 16.6. The highest BCUT2D eigenvalue weighted by molar-refractivity contribution is 5.92. The Morgan fingerprint density at radius 2 is 2.18 bits per heavy atom. The summed E-state index contributed by atoms with van der Waals surface area (Å²) in [5.41, 5.74) is 0. The van der Waals surface area contributed by atoms with E-state index in [9.17, 15) is 9.59 Å². The number of nitrogens with one attached hydrogen (secondary N) is 1. The lowest BCUT2D eigenvalue weighted by Gasteiger charge is -2.23. The average Bonchev–Trinajstić information content (AvgIpc) is 1.85. The minimum Gasteiger partial charge on any atom is -0.391 e. The van der Waals surface area contributed by atoms with E-state index in [1.54, 1.807) is 0 Å². The first-order chi connectivity index (χ1) is 5.11. The molecule has 0 bridgehead atoms. The van der Waals surface area contributed by atoms with Crippen molar-refractivity contribution in [1.29, 1.82) is 0 Å². The van der Waals surface area contributed by atoms with Gasteiger partial charge in [-0.3, -0.25) is 10.1 Å². The fourth-order valence-corrected chi connectivity index (χ4v) is 0.996. The van der Waals surface area contributed by atoms with Crippen molar-refractivity contribution in [2.24, 2.45) is 5.92 Å². The molecule has 1 N–H and O–H groups in total. The van der Waals surface area contributed by atoms with E-state index in [0.29, 0.717) is 0 Å². The van der Waals surface area contributed by atoms with Gasteiger partial charge < -0.3 is 4.74 Å². The summed E-state index contributed by atoms with van der Waals surface area (Å²) in [7, 11) is 0. The lowest BCUT2D eigenvalue weighted by Crippen LogP contribution is -2.50. The van der Waals surface area contributed by atoms with Crippen LogP contribution in [0.25, 0.3) is 0 Å². The molecule has 4 nitrogen and oxygen atoms in total. The molecule has 0 amide bonds. The quantitative estimate of drug-likeness (QED) is 0.419. The Morgan fingerprint density at radius 1 is 1.55 bits per heavy atom. The van der Waals surface area contributed by atoms with Gasteiger partial charge in [0.25, 0.3) is 0 Å². The van der Waals surface area contributed by atoms with Crippen LogP contribution in [0.5, 0.6) is 0 Å². The van der Waals surface area contributed by atoms with E-state index in [-0.39, 0.29) is 18.5 Å². The summed E-state index contributed by atoms with van der Waals surface area (Å²) < 4.78 is 4.42. The van der Waals surface area contributed by atoms with Gasteiger partial charge >= 0.3 is 11.9 Å². The van der Waals surface area contributed by atoms with Crippen LogP contribution < -0.4 is 5.32 Å². The summed E-state index contributed by atoms with van der Waals surface area (Å²) in [6, 6.07) is -0.326. The van der Waals surface area contributed by atoms with Gasteiger partial charge in [0.1, 0.15) is 6.04 Å². The van der Waals surface area contributed by atoms with Gasteiger partial charge in [-0.05, 0) is 5.92 Å². The first-order valence-corrected chi connectivity index (χ1v) is 3.59. The molecule has 1 heterocycles. The Labute approximate surface area is 64.9 Å². The van der Waals surface area contributed by atoms with Crippen LogP contribution in [0.3, 0.4) is 0 Å². The number of carbonyl (C=O) groups is 2. The molecule has 62 valence electrons. The van der Waals surface area contributed by atoms with Gasteiger partial charge in [-0.15, -0.1) is 0 Å². The Hall–Kier alpha value is -0.900. The molecule has 1 atom stereocenters. The first kappa shape index (κ1) is 8.20. The highest BCUT2D eigenvalue weighted by Crippen LogP contribution is 2.06. The summed E-state index contributed by atoms with van der Waals surface area (Å²) in [5, 5.41) is 2.79. The Morgan fingerprint density at radius 3 is 2.64 bits per heavy atom. The SMILES string of the molecule is CC(C)[C@@H]1NCC(=O)OC1=O. The zero-order valence-corrected chi connectivity index (χ0v) is 6.59. The molecule has 0 aromatic heterocycles. The Bertz CT molecular complexity index is 188. The molecule has 1 fully saturated rings. The van der Waals surface area contributed by atoms with Crippen LogP contribution in [-0.4, -0.2) is 24.5 Å². The minimum absolute atomic E-state index is 0.134. The van der Waals surface area contributed by atoms with Gasteiger partial charge in [0.15, 0.2) is 0 Å². The van der Waals surface area contributed by atoms with Gasteiger partial charge in [0, 0.05) is 0 Å². The maximum absolute atomic E-state index is 10.9. The second-order valence-corrected chi connectivity index (χ2v) is 2.90. The van der Waals surface area contributed by atoms with Crippen LogP contribution >= 0.6 is 0 Å². The maximum Gasteiger partial charge on any atom is 0.331 e. The third kappa shape index (κ3) is 1.77. The van der Waals surface area contributed by atoms with E-state index in [4.69, 9.17) is 0 Å². The molecule has 1 rings (SSSR count). The zero-order valence-electron chi connectivity index (χ0n) is 6.59. The van der Waals surface area contributed by atoms with Gasteiger partial charge in [-0.25, -0.2) is 4.79 Å². The molecule has 0 aliphatic carbocycles. The number of ether oxygens (including phenoxy) is 1. The molecular formula is C7H11NO3. The van der Waals surface area contributed by atoms with E-state index in [1.807, 2.05) is 13.8 Å². The van der Waals surface area contributed by atoms with Crippen molar-refractivity contribution < 1.29 is 14.3 Å². The molecule has 0 radical (unpaired) electrons. The summed E-state index contributed by atoms with van der Waals surface area (Å²) in [4.78, 5) is 21.5. The van der Waals surface area contributed by atoms with E-state index in [1.165, 1.54) is 0 Å². The Kier molecular flexibility index (Phi) is 2.24. The van der Waals surface area contributed by atoms with Crippen molar-refractivity contribution in [2.45, 2.75) is 19.9 Å². The third-order valence-corrected chi connectivity index (χ3v) is 1.60.